The molecule has 0 bridgehead atoms. The van der Waals surface area contributed by atoms with Crippen LogP contribution in [0.15, 0.2) is 29.2 Å². The molecular weight excluding hydrogens is 298 g/mol. The number of hydrogen-bond acceptors (Lipinski definition) is 5. The molecule has 0 radical (unpaired) electrons. The number of benzene rings is 1. The third-order valence-electron chi connectivity index (χ3n) is 2.53. The first-order valence-electron chi connectivity index (χ1n) is 6.04. The van der Waals surface area contributed by atoms with Crippen molar-refractivity contribution in [3.8, 4) is 0 Å². The molecule has 0 atom stereocenters. The summed E-state index contributed by atoms with van der Waals surface area (Å²) in [5.41, 5.74) is 5.51. The Labute approximate surface area is 122 Å². The second-order valence-corrected chi connectivity index (χ2v) is 5.85. The molecule has 0 saturated heterocycles. The van der Waals surface area contributed by atoms with Gasteiger partial charge in [-0.2, -0.15) is 0 Å². The topological polar surface area (TPSA) is 128 Å². The van der Waals surface area contributed by atoms with Gasteiger partial charge < -0.3 is 15.8 Å². The molecular formula is C12H17N3O5S. The van der Waals surface area contributed by atoms with E-state index < -0.39 is 22.0 Å². The lowest BCUT2D eigenvalue weighted by Crippen LogP contribution is -2.37. The molecule has 1 aromatic carbocycles. The van der Waals surface area contributed by atoms with E-state index in [4.69, 9.17) is 5.73 Å². The lowest BCUT2D eigenvalue weighted by molar-refractivity contribution is -0.139. The van der Waals surface area contributed by atoms with Crippen molar-refractivity contribution in [2.24, 2.45) is 5.73 Å². The molecule has 9 heteroatoms. The van der Waals surface area contributed by atoms with Crippen molar-refractivity contribution in [1.29, 1.82) is 0 Å². The molecule has 1 rings (SSSR count). The van der Waals surface area contributed by atoms with E-state index in [-0.39, 0.29) is 24.4 Å². The summed E-state index contributed by atoms with van der Waals surface area (Å²) < 4.78 is 30.7. The Morgan fingerprint density at radius 3 is 2.33 bits per heavy atom. The molecule has 0 aromatic heterocycles. The second-order valence-electron chi connectivity index (χ2n) is 4.09. The number of ether oxygens (including phenoxy) is 1. The number of urea groups is 1. The molecule has 1 aromatic rings. The maximum Gasteiger partial charge on any atom is 0.312 e. The van der Waals surface area contributed by atoms with Gasteiger partial charge in [0.05, 0.1) is 18.4 Å². The van der Waals surface area contributed by atoms with Gasteiger partial charge in [0.2, 0.25) is 10.0 Å². The number of nitrogens with one attached hydrogen (secondary N) is 2. The van der Waals surface area contributed by atoms with Crippen molar-refractivity contribution < 1.29 is 22.7 Å². The van der Waals surface area contributed by atoms with E-state index in [9.17, 15) is 18.0 Å². The first kappa shape index (κ1) is 16.9. The molecule has 2 amide bonds. The van der Waals surface area contributed by atoms with Gasteiger partial charge in [0, 0.05) is 13.1 Å². The Morgan fingerprint density at radius 2 is 1.81 bits per heavy atom. The number of hydrogen-bond donors (Lipinski definition) is 3. The molecule has 116 valence electrons. The van der Waals surface area contributed by atoms with Gasteiger partial charge in [0.15, 0.2) is 0 Å². The van der Waals surface area contributed by atoms with Gasteiger partial charge in [-0.25, -0.2) is 17.9 Å². The van der Waals surface area contributed by atoms with Gasteiger partial charge in [-0.15, -0.1) is 0 Å². The number of sulfonamides is 1. The Balaban J connectivity index is 2.62. The van der Waals surface area contributed by atoms with E-state index in [0.29, 0.717) is 5.56 Å². The Hall–Kier alpha value is -2.13. The lowest BCUT2D eigenvalue weighted by atomic mass is 10.2. The molecule has 0 saturated carbocycles. The zero-order valence-corrected chi connectivity index (χ0v) is 12.3. The highest BCUT2D eigenvalue weighted by Gasteiger charge is 2.13. The highest BCUT2D eigenvalue weighted by Crippen LogP contribution is 2.11. The van der Waals surface area contributed by atoms with Crippen LogP contribution in [0, 0.1) is 0 Å². The van der Waals surface area contributed by atoms with Crippen LogP contribution in [0.25, 0.3) is 0 Å². The van der Waals surface area contributed by atoms with E-state index in [0.717, 1.165) is 0 Å². The van der Waals surface area contributed by atoms with Crippen LogP contribution in [-0.2, 0) is 26.0 Å². The van der Waals surface area contributed by atoms with Crippen LogP contribution in [-0.4, -0.2) is 40.6 Å². The first-order valence-corrected chi connectivity index (χ1v) is 7.52. The number of methoxy groups -OCH3 is 1. The highest BCUT2D eigenvalue weighted by atomic mass is 32.2. The Morgan fingerprint density at radius 1 is 1.19 bits per heavy atom. The number of amides is 2. The smallest absolute Gasteiger partial charge is 0.312 e. The van der Waals surface area contributed by atoms with Crippen molar-refractivity contribution in [2.75, 3.05) is 20.2 Å². The Kier molecular flexibility index (Phi) is 6.12. The summed E-state index contributed by atoms with van der Waals surface area (Å²) in [6.45, 7) is 0.115. The minimum atomic E-state index is -3.67. The van der Waals surface area contributed by atoms with E-state index in [1.165, 1.54) is 31.4 Å². The quantitative estimate of drug-likeness (QED) is 0.455. The van der Waals surface area contributed by atoms with Crippen LogP contribution in [0.3, 0.4) is 0 Å². The maximum absolute atomic E-state index is 11.9. The maximum atomic E-state index is 11.9. The summed E-state index contributed by atoms with van der Waals surface area (Å²) in [6.07, 6.45) is 0.0762. The summed E-state index contributed by atoms with van der Waals surface area (Å²) in [5.74, 6) is -0.402. The van der Waals surface area contributed by atoms with Crippen molar-refractivity contribution in [3.05, 3.63) is 29.8 Å². The molecule has 0 aliphatic rings. The van der Waals surface area contributed by atoms with Crippen LogP contribution >= 0.6 is 0 Å². The molecule has 0 spiro atoms. The largest absolute Gasteiger partial charge is 0.469 e. The summed E-state index contributed by atoms with van der Waals surface area (Å²) in [7, 11) is -2.38. The zero-order valence-electron chi connectivity index (χ0n) is 11.5. The first-order chi connectivity index (χ1) is 9.85. The molecule has 0 aliphatic heterocycles. The number of nitrogens with two attached hydrogens (primary N) is 1. The molecule has 8 nitrogen and oxygen atoms in total. The van der Waals surface area contributed by atoms with E-state index in [1.807, 2.05) is 0 Å². The molecule has 4 N–H and O–H groups in total. The lowest BCUT2D eigenvalue weighted by Gasteiger charge is -2.07. The van der Waals surface area contributed by atoms with Crippen LogP contribution in [0.4, 0.5) is 4.79 Å². The number of carbonyl (C=O) groups excluding carboxylic acids is 2. The van der Waals surface area contributed by atoms with Crippen molar-refractivity contribution in [1.82, 2.24) is 10.0 Å². The number of rotatable bonds is 7. The average Bonchev–Trinajstić information content (AvgIpc) is 2.44. The fraction of sp³-hybridized carbons (Fsp3) is 0.333. The third-order valence-corrected chi connectivity index (χ3v) is 4.00. The van der Waals surface area contributed by atoms with Gasteiger partial charge in [-0.1, -0.05) is 12.1 Å². The second kappa shape index (κ2) is 7.60. The predicted octanol–water partition coefficient (Wildman–Crippen LogP) is -0.651. The van der Waals surface area contributed by atoms with Crippen LogP contribution in [0.2, 0.25) is 0 Å². The minimum Gasteiger partial charge on any atom is -0.469 e. The normalized spacial score (nSPS) is 10.9. The monoisotopic (exact) mass is 315 g/mol. The van der Waals surface area contributed by atoms with Gasteiger partial charge in [0.25, 0.3) is 0 Å². The standard InChI is InChI=1S/C12H17N3O5S/c1-20-11(16)8-9-2-4-10(5-3-9)21(18,19)15-7-6-14-12(13)17/h2-5,15H,6-8H2,1H3,(H3,13,14,17). The zero-order chi connectivity index (χ0) is 15.9. The summed E-state index contributed by atoms with van der Waals surface area (Å²) in [4.78, 5) is 21.6. The van der Waals surface area contributed by atoms with Gasteiger partial charge in [0.1, 0.15) is 0 Å². The van der Waals surface area contributed by atoms with Crippen molar-refractivity contribution in [2.45, 2.75) is 11.3 Å². The summed E-state index contributed by atoms with van der Waals surface area (Å²) in [5, 5.41) is 2.27. The molecule has 0 heterocycles. The molecule has 0 fully saturated rings. The van der Waals surface area contributed by atoms with Crippen LogP contribution < -0.4 is 15.8 Å². The van der Waals surface area contributed by atoms with Crippen molar-refractivity contribution >= 4 is 22.0 Å². The summed E-state index contributed by atoms with van der Waals surface area (Å²) in [6, 6.07) is 5.13. The van der Waals surface area contributed by atoms with E-state index in [1.54, 1.807) is 0 Å². The average molecular weight is 315 g/mol. The molecule has 0 unspecified atom stereocenters. The van der Waals surface area contributed by atoms with Gasteiger partial charge in [-0.05, 0) is 17.7 Å². The fourth-order valence-electron chi connectivity index (χ4n) is 1.48. The van der Waals surface area contributed by atoms with Crippen LogP contribution in [0.1, 0.15) is 5.56 Å². The summed E-state index contributed by atoms with van der Waals surface area (Å²) >= 11 is 0. The molecule has 0 aliphatic carbocycles. The van der Waals surface area contributed by atoms with Gasteiger partial charge in [-0.3, -0.25) is 4.79 Å². The van der Waals surface area contributed by atoms with E-state index >= 15 is 0 Å². The van der Waals surface area contributed by atoms with Crippen molar-refractivity contribution in [3.63, 3.8) is 0 Å². The van der Waals surface area contributed by atoms with Gasteiger partial charge >= 0.3 is 12.0 Å². The number of carbonyl (C=O) groups is 2. The fourth-order valence-corrected chi connectivity index (χ4v) is 2.51. The van der Waals surface area contributed by atoms with Crippen LogP contribution in [0.5, 0.6) is 0 Å². The number of primary amides is 1. The Bertz CT molecular complexity index is 598. The number of esters is 1. The predicted molar refractivity (Wildman–Crippen MR) is 74.9 cm³/mol. The van der Waals surface area contributed by atoms with E-state index in [2.05, 4.69) is 14.8 Å². The highest BCUT2D eigenvalue weighted by molar-refractivity contribution is 7.89. The SMILES string of the molecule is COC(=O)Cc1ccc(S(=O)(=O)NCCNC(N)=O)cc1. The third kappa shape index (κ3) is 5.79. The molecule has 21 heavy (non-hydrogen) atoms. The minimum absolute atomic E-state index is 0.0230.